The summed E-state index contributed by atoms with van der Waals surface area (Å²) in [5, 5.41) is 3.67. The van der Waals surface area contributed by atoms with Crippen LogP contribution in [0.15, 0.2) is 18.2 Å². The summed E-state index contributed by atoms with van der Waals surface area (Å²) in [4.78, 5) is 0. The number of fused-ring (bicyclic) bond motifs is 1. The monoisotopic (exact) mass is 293 g/mol. The predicted octanol–water partition coefficient (Wildman–Crippen LogP) is 3.39. The zero-order valence-corrected chi connectivity index (χ0v) is 13.1. The molecule has 0 saturated carbocycles. The second kappa shape index (κ2) is 5.86. The first-order chi connectivity index (χ1) is 9.73. The maximum Gasteiger partial charge on any atom is 0.161 e. The minimum Gasteiger partial charge on any atom is -0.486 e. The normalized spacial score (nSPS) is 26.5. The molecule has 1 saturated heterocycles. The second-order valence-electron chi connectivity index (χ2n) is 5.66. The summed E-state index contributed by atoms with van der Waals surface area (Å²) >= 11 is 2.09. The number of thioether (sulfide) groups is 1. The van der Waals surface area contributed by atoms with E-state index in [1.54, 1.807) is 0 Å². The molecule has 4 heteroatoms. The van der Waals surface area contributed by atoms with Crippen molar-refractivity contribution in [1.82, 2.24) is 5.32 Å². The molecule has 3 nitrogen and oxygen atoms in total. The van der Waals surface area contributed by atoms with Crippen molar-refractivity contribution in [2.24, 2.45) is 0 Å². The zero-order chi connectivity index (χ0) is 14.0. The molecule has 2 atom stereocenters. The van der Waals surface area contributed by atoms with Crippen molar-refractivity contribution in [2.45, 2.75) is 37.5 Å². The summed E-state index contributed by atoms with van der Waals surface area (Å²) in [5.41, 5.74) is 1.31. The lowest BCUT2D eigenvalue weighted by Crippen LogP contribution is -2.37. The summed E-state index contributed by atoms with van der Waals surface area (Å²) in [6.07, 6.45) is 2.58. The molecule has 2 unspecified atom stereocenters. The van der Waals surface area contributed by atoms with Crippen LogP contribution in [0, 0.1) is 0 Å². The maximum absolute atomic E-state index is 5.73. The van der Waals surface area contributed by atoms with Gasteiger partial charge in [-0.05, 0) is 49.8 Å². The highest BCUT2D eigenvalue weighted by Gasteiger charge is 2.38. The molecule has 3 rings (SSSR count). The van der Waals surface area contributed by atoms with Crippen LogP contribution in [-0.2, 0) is 0 Å². The molecule has 110 valence electrons. The van der Waals surface area contributed by atoms with Gasteiger partial charge in [0.05, 0.1) is 0 Å². The van der Waals surface area contributed by atoms with E-state index in [0.29, 0.717) is 19.3 Å². The van der Waals surface area contributed by atoms with Crippen LogP contribution in [0.5, 0.6) is 11.5 Å². The Hall–Kier alpha value is -0.870. The van der Waals surface area contributed by atoms with Gasteiger partial charge < -0.3 is 14.8 Å². The topological polar surface area (TPSA) is 30.5 Å². The number of hydrogen-bond donors (Lipinski definition) is 1. The van der Waals surface area contributed by atoms with Gasteiger partial charge in [-0.25, -0.2) is 0 Å². The molecular weight excluding hydrogens is 270 g/mol. The Morgan fingerprint density at radius 2 is 2.10 bits per heavy atom. The van der Waals surface area contributed by atoms with Crippen molar-refractivity contribution in [2.75, 3.05) is 25.5 Å². The summed E-state index contributed by atoms with van der Waals surface area (Å²) in [5.74, 6) is 3.03. The van der Waals surface area contributed by atoms with Gasteiger partial charge in [0.15, 0.2) is 11.5 Å². The number of hydrogen-bond acceptors (Lipinski definition) is 4. The van der Waals surface area contributed by atoms with Crippen LogP contribution in [0.2, 0.25) is 0 Å². The van der Waals surface area contributed by atoms with Crippen LogP contribution in [-0.4, -0.2) is 30.3 Å². The zero-order valence-electron chi connectivity index (χ0n) is 12.3. The van der Waals surface area contributed by atoms with Crippen LogP contribution < -0.4 is 14.8 Å². The third kappa shape index (κ3) is 2.63. The minimum absolute atomic E-state index is 0.278. The summed E-state index contributed by atoms with van der Waals surface area (Å²) < 4.78 is 11.6. The third-order valence-corrected chi connectivity index (χ3v) is 5.76. The Morgan fingerprint density at radius 1 is 1.30 bits per heavy atom. The van der Waals surface area contributed by atoms with Crippen LogP contribution in [0.1, 0.15) is 38.3 Å². The van der Waals surface area contributed by atoms with E-state index in [0.717, 1.165) is 18.0 Å². The van der Waals surface area contributed by atoms with Gasteiger partial charge in [-0.1, -0.05) is 13.0 Å². The van der Waals surface area contributed by atoms with Crippen molar-refractivity contribution in [3.8, 4) is 11.5 Å². The van der Waals surface area contributed by atoms with Crippen molar-refractivity contribution in [3.63, 3.8) is 0 Å². The Morgan fingerprint density at radius 3 is 2.80 bits per heavy atom. The molecule has 0 bridgehead atoms. The molecule has 20 heavy (non-hydrogen) atoms. The predicted molar refractivity (Wildman–Crippen MR) is 83.9 cm³/mol. The lowest BCUT2D eigenvalue weighted by molar-refractivity contribution is 0.171. The van der Waals surface area contributed by atoms with E-state index in [4.69, 9.17) is 9.47 Å². The molecular formula is C16H23NO2S. The average Bonchev–Trinajstić information content (AvgIpc) is 2.92. The molecule has 1 aromatic carbocycles. The van der Waals surface area contributed by atoms with Gasteiger partial charge in [0.1, 0.15) is 13.2 Å². The summed E-state index contributed by atoms with van der Waals surface area (Å²) in [6, 6.07) is 6.77. The highest BCUT2D eigenvalue weighted by Crippen LogP contribution is 2.47. The van der Waals surface area contributed by atoms with E-state index in [9.17, 15) is 0 Å². The fourth-order valence-corrected chi connectivity index (χ4v) is 4.59. The van der Waals surface area contributed by atoms with Gasteiger partial charge in [-0.2, -0.15) is 11.8 Å². The van der Waals surface area contributed by atoms with Crippen LogP contribution in [0.4, 0.5) is 0 Å². The van der Waals surface area contributed by atoms with Crippen molar-refractivity contribution >= 4 is 11.8 Å². The van der Waals surface area contributed by atoms with E-state index >= 15 is 0 Å². The van der Waals surface area contributed by atoms with E-state index in [-0.39, 0.29) is 4.75 Å². The summed E-state index contributed by atoms with van der Waals surface area (Å²) in [6.45, 7) is 6.84. The fourth-order valence-electron chi connectivity index (χ4n) is 3.16. The fraction of sp³-hybridized carbons (Fsp3) is 0.625. The molecule has 1 fully saturated rings. The lowest BCUT2D eigenvalue weighted by atomic mass is 9.90. The Kier molecular flexibility index (Phi) is 4.13. The molecule has 0 radical (unpaired) electrons. The van der Waals surface area contributed by atoms with Gasteiger partial charge >= 0.3 is 0 Å². The van der Waals surface area contributed by atoms with Crippen LogP contribution in [0.25, 0.3) is 0 Å². The van der Waals surface area contributed by atoms with Crippen LogP contribution in [0.3, 0.4) is 0 Å². The molecule has 2 heterocycles. The molecule has 0 aliphatic carbocycles. The van der Waals surface area contributed by atoms with E-state index in [1.165, 1.54) is 24.2 Å². The smallest absolute Gasteiger partial charge is 0.161 e. The van der Waals surface area contributed by atoms with Gasteiger partial charge in [0, 0.05) is 10.8 Å². The van der Waals surface area contributed by atoms with Gasteiger partial charge in [0.25, 0.3) is 0 Å². The molecule has 2 aliphatic heterocycles. The van der Waals surface area contributed by atoms with Crippen LogP contribution >= 0.6 is 11.8 Å². The first-order valence-electron chi connectivity index (χ1n) is 7.50. The molecule has 0 spiro atoms. The van der Waals surface area contributed by atoms with E-state index in [1.807, 2.05) is 0 Å². The second-order valence-corrected chi connectivity index (χ2v) is 7.29. The molecule has 0 amide bonds. The largest absolute Gasteiger partial charge is 0.486 e. The third-order valence-electron chi connectivity index (χ3n) is 4.17. The van der Waals surface area contributed by atoms with Gasteiger partial charge in [0.2, 0.25) is 0 Å². The SMILES string of the molecule is CCNC(c1ccc2c(c1)OCCO2)C1(C)CCCS1. The molecule has 1 N–H and O–H groups in total. The van der Waals surface area contributed by atoms with E-state index < -0.39 is 0 Å². The quantitative estimate of drug-likeness (QED) is 0.922. The number of benzene rings is 1. The summed E-state index contributed by atoms with van der Waals surface area (Å²) in [7, 11) is 0. The Balaban J connectivity index is 1.91. The first-order valence-corrected chi connectivity index (χ1v) is 8.48. The Labute approximate surface area is 125 Å². The number of rotatable bonds is 4. The standard InChI is InChI=1S/C16H23NO2S/c1-3-17-15(16(2)7-4-10-20-16)12-5-6-13-14(11-12)19-9-8-18-13/h5-6,11,15,17H,3-4,7-10H2,1-2H3. The van der Waals surface area contributed by atoms with Crippen molar-refractivity contribution in [3.05, 3.63) is 23.8 Å². The average molecular weight is 293 g/mol. The first kappa shape index (κ1) is 14.1. The highest BCUT2D eigenvalue weighted by molar-refractivity contribution is 8.00. The van der Waals surface area contributed by atoms with Crippen molar-refractivity contribution in [1.29, 1.82) is 0 Å². The Bertz CT molecular complexity index is 472. The highest BCUT2D eigenvalue weighted by atomic mass is 32.2. The van der Waals surface area contributed by atoms with Gasteiger partial charge in [-0.15, -0.1) is 0 Å². The molecule has 2 aliphatic rings. The molecule has 1 aromatic rings. The lowest BCUT2D eigenvalue weighted by Gasteiger charge is -2.35. The van der Waals surface area contributed by atoms with Gasteiger partial charge in [-0.3, -0.25) is 0 Å². The molecule has 0 aromatic heterocycles. The van der Waals surface area contributed by atoms with E-state index in [2.05, 4.69) is 49.1 Å². The maximum atomic E-state index is 5.73. The van der Waals surface area contributed by atoms with Crippen molar-refractivity contribution < 1.29 is 9.47 Å². The minimum atomic E-state index is 0.278. The number of ether oxygens (including phenoxy) is 2. The number of nitrogens with one attached hydrogen (secondary N) is 1.